The molecule has 1 aromatic carbocycles. The van der Waals surface area contributed by atoms with Crippen molar-refractivity contribution >= 4 is 24.3 Å². The van der Waals surface area contributed by atoms with E-state index in [-0.39, 0.29) is 16.1 Å². The van der Waals surface area contributed by atoms with Crippen LogP contribution in [0.4, 0.5) is 4.39 Å². The van der Waals surface area contributed by atoms with Crippen molar-refractivity contribution in [1.29, 1.82) is 0 Å². The zero-order valence-electron chi connectivity index (χ0n) is 7.82. The standard InChI is InChI=1S/C8H10BFO3S/c1-13-7-5(9(11)12)3-4-6(10)8(7)14-2/h3-4,11-12H,1-2H3. The van der Waals surface area contributed by atoms with Gasteiger partial charge in [0.25, 0.3) is 0 Å². The van der Waals surface area contributed by atoms with E-state index in [0.717, 1.165) is 11.8 Å². The minimum Gasteiger partial charge on any atom is -0.496 e. The highest BCUT2D eigenvalue weighted by Gasteiger charge is 2.21. The fourth-order valence-corrected chi connectivity index (χ4v) is 1.81. The van der Waals surface area contributed by atoms with E-state index in [0.29, 0.717) is 0 Å². The summed E-state index contributed by atoms with van der Waals surface area (Å²) in [5, 5.41) is 18.0. The van der Waals surface area contributed by atoms with E-state index in [1.807, 2.05) is 0 Å². The number of halogens is 1. The lowest BCUT2D eigenvalue weighted by atomic mass is 9.79. The maximum atomic E-state index is 13.2. The summed E-state index contributed by atoms with van der Waals surface area (Å²) in [6.07, 6.45) is 1.69. The zero-order valence-corrected chi connectivity index (χ0v) is 8.64. The monoisotopic (exact) mass is 216 g/mol. The van der Waals surface area contributed by atoms with Crippen molar-refractivity contribution < 1.29 is 19.2 Å². The van der Waals surface area contributed by atoms with Crippen LogP contribution in [0.5, 0.6) is 5.75 Å². The van der Waals surface area contributed by atoms with Crippen LogP contribution in [0.1, 0.15) is 0 Å². The van der Waals surface area contributed by atoms with E-state index in [9.17, 15) is 4.39 Å². The Hall–Kier alpha value is -0.715. The lowest BCUT2D eigenvalue weighted by molar-refractivity contribution is 0.391. The molecule has 0 heterocycles. The minimum atomic E-state index is -1.66. The second kappa shape index (κ2) is 4.68. The lowest BCUT2D eigenvalue weighted by Gasteiger charge is -2.12. The van der Waals surface area contributed by atoms with Crippen molar-refractivity contribution in [1.82, 2.24) is 0 Å². The predicted molar refractivity (Wildman–Crippen MR) is 54.6 cm³/mol. The highest BCUT2D eigenvalue weighted by Crippen LogP contribution is 2.28. The molecule has 1 rings (SSSR count). The summed E-state index contributed by atoms with van der Waals surface area (Å²) in [5.41, 5.74) is 0.165. The third-order valence-electron chi connectivity index (χ3n) is 1.78. The van der Waals surface area contributed by atoms with Gasteiger partial charge in [-0.15, -0.1) is 11.8 Å². The molecule has 0 aromatic heterocycles. The first-order valence-electron chi connectivity index (χ1n) is 3.88. The smallest absolute Gasteiger partial charge is 0.492 e. The Morgan fingerprint density at radius 1 is 1.43 bits per heavy atom. The highest BCUT2D eigenvalue weighted by molar-refractivity contribution is 7.98. The molecule has 0 radical (unpaired) electrons. The van der Waals surface area contributed by atoms with Gasteiger partial charge in [0, 0.05) is 5.46 Å². The van der Waals surface area contributed by atoms with Crippen LogP contribution >= 0.6 is 11.8 Å². The minimum absolute atomic E-state index is 0.165. The van der Waals surface area contributed by atoms with Gasteiger partial charge in [0.2, 0.25) is 0 Å². The van der Waals surface area contributed by atoms with Crippen molar-refractivity contribution in [2.24, 2.45) is 0 Å². The normalized spacial score (nSPS) is 10.1. The van der Waals surface area contributed by atoms with Gasteiger partial charge in [-0.2, -0.15) is 0 Å². The van der Waals surface area contributed by atoms with Gasteiger partial charge in [-0.3, -0.25) is 0 Å². The number of rotatable bonds is 3. The van der Waals surface area contributed by atoms with Gasteiger partial charge in [-0.25, -0.2) is 4.39 Å². The largest absolute Gasteiger partial charge is 0.496 e. The Balaban J connectivity index is 3.33. The summed E-state index contributed by atoms with van der Waals surface area (Å²) < 4.78 is 18.1. The number of methoxy groups -OCH3 is 1. The number of hydrogen-bond donors (Lipinski definition) is 2. The highest BCUT2D eigenvalue weighted by atomic mass is 32.2. The van der Waals surface area contributed by atoms with Crippen LogP contribution < -0.4 is 10.2 Å². The first-order valence-corrected chi connectivity index (χ1v) is 5.10. The SMILES string of the molecule is COc1c(B(O)O)ccc(F)c1SC. The Kier molecular flexibility index (Phi) is 3.80. The summed E-state index contributed by atoms with van der Waals surface area (Å²) in [4.78, 5) is 0.276. The Morgan fingerprint density at radius 2 is 2.07 bits per heavy atom. The summed E-state index contributed by atoms with van der Waals surface area (Å²) in [5.74, 6) is -0.258. The summed E-state index contributed by atoms with van der Waals surface area (Å²) in [6.45, 7) is 0. The van der Waals surface area contributed by atoms with Gasteiger partial charge in [-0.05, 0) is 12.3 Å². The van der Waals surface area contributed by atoms with E-state index < -0.39 is 12.9 Å². The van der Waals surface area contributed by atoms with Crippen molar-refractivity contribution in [2.75, 3.05) is 13.4 Å². The van der Waals surface area contributed by atoms with Crippen LogP contribution in [0.2, 0.25) is 0 Å². The van der Waals surface area contributed by atoms with Crippen LogP contribution in [-0.2, 0) is 0 Å². The van der Waals surface area contributed by atoms with E-state index >= 15 is 0 Å². The molecule has 0 saturated heterocycles. The van der Waals surface area contributed by atoms with Crippen LogP contribution in [0, 0.1) is 5.82 Å². The number of thioether (sulfide) groups is 1. The molecule has 0 amide bonds. The van der Waals surface area contributed by atoms with E-state index in [1.54, 1.807) is 6.26 Å². The third-order valence-corrected chi connectivity index (χ3v) is 2.57. The lowest BCUT2D eigenvalue weighted by Crippen LogP contribution is -2.31. The average Bonchev–Trinajstić information content (AvgIpc) is 2.16. The fraction of sp³-hybridized carbons (Fsp3) is 0.250. The molecule has 0 saturated carbocycles. The molecule has 0 atom stereocenters. The fourth-order valence-electron chi connectivity index (χ4n) is 1.16. The Bertz CT molecular complexity index is 333. The second-order valence-electron chi connectivity index (χ2n) is 2.58. The number of ether oxygens (including phenoxy) is 1. The molecular weight excluding hydrogens is 206 g/mol. The topological polar surface area (TPSA) is 49.7 Å². The van der Waals surface area contributed by atoms with Crippen molar-refractivity contribution in [3.05, 3.63) is 17.9 Å². The quantitative estimate of drug-likeness (QED) is 0.561. The van der Waals surface area contributed by atoms with Crippen LogP contribution in [0.15, 0.2) is 17.0 Å². The van der Waals surface area contributed by atoms with Gasteiger partial charge in [0.15, 0.2) is 0 Å². The first kappa shape index (κ1) is 11.4. The number of benzene rings is 1. The van der Waals surface area contributed by atoms with Gasteiger partial charge < -0.3 is 14.8 Å². The molecule has 1 aromatic rings. The molecule has 0 spiro atoms. The molecule has 76 valence electrons. The Labute approximate surface area is 86.0 Å². The van der Waals surface area contributed by atoms with Crippen molar-refractivity contribution in [3.8, 4) is 5.75 Å². The predicted octanol–water partition coefficient (Wildman–Crippen LogP) is 0.236. The van der Waals surface area contributed by atoms with Gasteiger partial charge in [0.05, 0.1) is 12.0 Å². The van der Waals surface area contributed by atoms with Crippen molar-refractivity contribution in [3.63, 3.8) is 0 Å². The first-order chi connectivity index (χ1) is 6.61. The molecule has 6 heteroatoms. The Morgan fingerprint density at radius 3 is 2.50 bits per heavy atom. The molecule has 0 aliphatic carbocycles. The molecule has 0 aliphatic heterocycles. The van der Waals surface area contributed by atoms with Gasteiger partial charge in [-0.1, -0.05) is 6.07 Å². The molecule has 0 unspecified atom stereocenters. The molecular formula is C8H10BFO3S. The van der Waals surface area contributed by atoms with E-state index in [4.69, 9.17) is 14.8 Å². The summed E-state index contributed by atoms with van der Waals surface area (Å²) in [7, 11) is -0.295. The van der Waals surface area contributed by atoms with Crippen LogP contribution in [0.3, 0.4) is 0 Å². The average molecular weight is 216 g/mol. The van der Waals surface area contributed by atoms with Crippen molar-refractivity contribution in [2.45, 2.75) is 4.90 Å². The maximum Gasteiger partial charge on any atom is 0.492 e. The second-order valence-corrected chi connectivity index (χ2v) is 3.39. The van der Waals surface area contributed by atoms with Gasteiger partial charge >= 0.3 is 7.12 Å². The van der Waals surface area contributed by atoms with E-state index in [1.165, 1.54) is 19.2 Å². The molecule has 0 bridgehead atoms. The molecule has 2 N–H and O–H groups in total. The van der Waals surface area contributed by atoms with Crippen LogP contribution in [0.25, 0.3) is 0 Å². The molecule has 3 nitrogen and oxygen atoms in total. The summed E-state index contributed by atoms with van der Waals surface area (Å²) in [6, 6.07) is 2.47. The van der Waals surface area contributed by atoms with E-state index in [2.05, 4.69) is 0 Å². The molecule has 0 aliphatic rings. The van der Waals surface area contributed by atoms with Gasteiger partial charge in [0.1, 0.15) is 11.6 Å². The maximum absolute atomic E-state index is 13.2. The molecule has 14 heavy (non-hydrogen) atoms. The van der Waals surface area contributed by atoms with Crippen LogP contribution in [-0.4, -0.2) is 30.5 Å². The number of hydrogen-bond acceptors (Lipinski definition) is 4. The zero-order chi connectivity index (χ0) is 10.7. The molecule has 0 fully saturated rings. The third kappa shape index (κ3) is 2.02. The summed E-state index contributed by atoms with van der Waals surface area (Å²) >= 11 is 1.16.